The average Bonchev–Trinajstić information content (AvgIpc) is 1.67. The summed E-state index contributed by atoms with van der Waals surface area (Å²) in [5.74, 6) is 0. The number of rotatable bonds is 28. The Morgan fingerprint density at radius 1 is 0.376 bits per heavy atom. The van der Waals surface area contributed by atoms with E-state index in [0.717, 1.165) is 115 Å². The summed E-state index contributed by atoms with van der Waals surface area (Å²) in [6, 6.07) is 90.1. The minimum absolute atomic E-state index is 0.618. The van der Waals surface area contributed by atoms with E-state index in [9.17, 15) is 10.5 Å². The van der Waals surface area contributed by atoms with Crippen molar-refractivity contribution in [3.05, 3.63) is 276 Å². The molecule has 9 heteroatoms. The number of aromatic nitrogens is 2. The van der Waals surface area contributed by atoms with Gasteiger partial charge in [-0.2, -0.15) is 19.3 Å². The van der Waals surface area contributed by atoms with Gasteiger partial charge in [0.25, 0.3) is 0 Å². The molecular formula is C84H76N6S3. The minimum Gasteiger partial charge on any atom is -0.311 e. The quantitative estimate of drug-likeness (QED) is 0.0276. The maximum Gasteiger partial charge on any atom is 0.114 e. The first-order valence-corrected chi connectivity index (χ1v) is 35.3. The van der Waals surface area contributed by atoms with Crippen LogP contribution in [0.15, 0.2) is 243 Å². The zero-order valence-corrected chi connectivity index (χ0v) is 55.5. The normalized spacial score (nSPS) is 11.6. The minimum atomic E-state index is 0.618. The van der Waals surface area contributed by atoms with Crippen molar-refractivity contribution in [1.82, 2.24) is 8.75 Å². The Labute approximate surface area is 561 Å². The molecule has 3 heterocycles. The van der Waals surface area contributed by atoms with Crippen LogP contribution in [0.2, 0.25) is 0 Å². The summed E-state index contributed by atoms with van der Waals surface area (Å²) in [7, 11) is 0. The Bertz CT molecular complexity index is 4150. The topological polar surface area (TPSA) is 79.8 Å². The number of thiophene rings is 2. The van der Waals surface area contributed by atoms with Gasteiger partial charge >= 0.3 is 0 Å². The summed E-state index contributed by atoms with van der Waals surface area (Å²) in [4.78, 5) is 9.40. The van der Waals surface area contributed by atoms with Crippen LogP contribution in [0.3, 0.4) is 0 Å². The van der Waals surface area contributed by atoms with Gasteiger partial charge in [0.15, 0.2) is 0 Å². The van der Waals surface area contributed by atoms with Crippen molar-refractivity contribution in [2.24, 2.45) is 0 Å². The second-order valence-electron chi connectivity index (χ2n) is 23.8. The lowest BCUT2D eigenvalue weighted by molar-refractivity contribution is 0.608. The van der Waals surface area contributed by atoms with Crippen LogP contribution in [0.25, 0.3) is 76.1 Å². The summed E-state index contributed by atoms with van der Waals surface area (Å²) < 4.78 is 10.1. The van der Waals surface area contributed by atoms with Crippen LogP contribution in [0, 0.1) is 22.7 Å². The number of nitriles is 2. The highest BCUT2D eigenvalue weighted by atomic mass is 32.1. The fraction of sp³-hybridized carbons (Fsp3) is 0.190. The number of hydrogen-bond acceptors (Lipinski definition) is 9. The number of nitrogens with zero attached hydrogens (tertiary/aromatic N) is 6. The zero-order valence-electron chi connectivity index (χ0n) is 53.1. The molecule has 12 rings (SSSR count). The third-order valence-corrected chi connectivity index (χ3v) is 20.4. The first-order chi connectivity index (χ1) is 46.0. The van der Waals surface area contributed by atoms with E-state index < -0.39 is 0 Å². The van der Waals surface area contributed by atoms with Gasteiger partial charge in [-0.3, -0.25) is 0 Å². The van der Waals surface area contributed by atoms with Crippen LogP contribution in [0.5, 0.6) is 0 Å². The van der Waals surface area contributed by atoms with Gasteiger partial charge in [0.05, 0.1) is 35.0 Å². The number of aryl methyl sites for hydroxylation is 2. The molecule has 0 aliphatic rings. The van der Waals surface area contributed by atoms with E-state index in [1.54, 1.807) is 0 Å². The maximum atomic E-state index is 10.6. The molecule has 460 valence electrons. The summed E-state index contributed by atoms with van der Waals surface area (Å²) in [5, 5.41) is 21.2. The highest BCUT2D eigenvalue weighted by molar-refractivity contribution is 7.19. The molecule has 0 saturated carbocycles. The molecule has 0 bridgehead atoms. The molecule has 0 fully saturated rings. The van der Waals surface area contributed by atoms with E-state index in [2.05, 4.69) is 254 Å². The second-order valence-corrected chi connectivity index (χ2v) is 26.4. The standard InChI is InChI=1S/C84H76N6S3/c1-3-5-7-9-11-17-27-67-57-79(91-83(67)65-45-41-63(42-46-65)69(59-85)55-61-37-49-75(50-38-61)89(71-29-19-13-20-30-71)72-31-21-14-22-32-72)77-53-54-78(82-81(77)87-93-88-82)80-58-68(28-18-12-10-8-6-4-2)84(92-80)66-47-43-64(44-48-66)70(60-86)56-62-39-51-76(52-40-62)90(73-33-23-15-24-34-73)74-35-25-16-26-36-74/h13-16,19-26,29-58H,3-12,17-18,27-28H2,1-2H3/b69-55-,70-56+. The molecule has 12 aromatic rings. The van der Waals surface area contributed by atoms with E-state index in [4.69, 9.17) is 8.75 Å². The summed E-state index contributed by atoms with van der Waals surface area (Å²) in [6.07, 6.45) is 20.7. The molecule has 0 saturated heterocycles. The molecule has 0 spiro atoms. The van der Waals surface area contributed by atoms with Gasteiger partial charge in [-0.25, -0.2) is 0 Å². The number of fused-ring (bicyclic) bond motifs is 1. The lowest BCUT2D eigenvalue weighted by Gasteiger charge is -2.25. The Kier molecular flexibility index (Phi) is 21.5. The van der Waals surface area contributed by atoms with Crippen molar-refractivity contribution in [2.45, 2.75) is 104 Å². The van der Waals surface area contributed by atoms with Gasteiger partial charge in [-0.1, -0.05) is 236 Å². The molecule has 93 heavy (non-hydrogen) atoms. The van der Waals surface area contributed by atoms with Gasteiger partial charge in [0.1, 0.15) is 11.0 Å². The van der Waals surface area contributed by atoms with Crippen LogP contribution < -0.4 is 9.80 Å². The second kappa shape index (κ2) is 31.5. The highest BCUT2D eigenvalue weighted by Crippen LogP contribution is 2.47. The number of anilines is 6. The molecule has 0 radical (unpaired) electrons. The summed E-state index contributed by atoms with van der Waals surface area (Å²) in [6.45, 7) is 4.55. The number of para-hydroxylation sites is 4. The third kappa shape index (κ3) is 15.4. The predicted octanol–water partition coefficient (Wildman–Crippen LogP) is 25.4. The lowest BCUT2D eigenvalue weighted by Crippen LogP contribution is -2.09. The predicted molar refractivity (Wildman–Crippen MR) is 398 cm³/mol. The average molecular weight is 1270 g/mol. The van der Waals surface area contributed by atoms with E-state index >= 15 is 0 Å². The summed E-state index contributed by atoms with van der Waals surface area (Å²) >= 11 is 4.96. The first kappa shape index (κ1) is 63.4. The van der Waals surface area contributed by atoms with Crippen LogP contribution in [-0.2, 0) is 12.8 Å². The van der Waals surface area contributed by atoms with Gasteiger partial charge in [-0.05, 0) is 167 Å². The monoisotopic (exact) mass is 1260 g/mol. The Morgan fingerprint density at radius 3 is 1.03 bits per heavy atom. The molecule has 9 aromatic carbocycles. The van der Waals surface area contributed by atoms with Crippen molar-refractivity contribution in [3.63, 3.8) is 0 Å². The van der Waals surface area contributed by atoms with Crippen molar-refractivity contribution in [2.75, 3.05) is 9.80 Å². The largest absolute Gasteiger partial charge is 0.311 e. The SMILES string of the molecule is CCCCCCCCc1cc(-c2ccc(-c3cc(CCCCCCCC)c(-c4ccc(/C(C#N)=C\c5ccc(N(c6ccccc6)c6ccccc6)cc5)cc4)s3)c3nsnc23)sc1-c1ccc(/C(C#N)=C/c2ccc(N(c3ccccc3)c3ccccc3)cc2)cc1. The van der Waals surface area contributed by atoms with E-state index in [0.29, 0.717) is 11.1 Å². The lowest BCUT2D eigenvalue weighted by atomic mass is 9.98. The molecule has 0 N–H and O–H groups in total. The molecule has 0 aliphatic carbocycles. The molecule has 0 amide bonds. The van der Waals surface area contributed by atoms with Crippen molar-refractivity contribution in [3.8, 4) is 53.9 Å². The van der Waals surface area contributed by atoms with Crippen molar-refractivity contribution >= 4 is 103 Å². The van der Waals surface area contributed by atoms with Crippen LogP contribution in [0.4, 0.5) is 34.1 Å². The van der Waals surface area contributed by atoms with Crippen molar-refractivity contribution in [1.29, 1.82) is 10.5 Å². The molecular weight excluding hydrogens is 1190 g/mol. The first-order valence-electron chi connectivity index (χ1n) is 32.9. The molecule has 6 nitrogen and oxygen atoms in total. The fourth-order valence-electron chi connectivity index (χ4n) is 12.4. The fourth-order valence-corrected chi connectivity index (χ4v) is 15.4. The van der Waals surface area contributed by atoms with Gasteiger partial charge < -0.3 is 9.80 Å². The Hall–Kier alpha value is -9.74. The van der Waals surface area contributed by atoms with Gasteiger partial charge in [0.2, 0.25) is 0 Å². The maximum absolute atomic E-state index is 10.6. The smallest absolute Gasteiger partial charge is 0.114 e. The van der Waals surface area contributed by atoms with E-state index in [1.165, 1.54) is 107 Å². The van der Waals surface area contributed by atoms with E-state index in [-0.39, 0.29) is 0 Å². The molecule has 0 aliphatic heterocycles. The van der Waals surface area contributed by atoms with Gasteiger partial charge in [-0.15, -0.1) is 22.7 Å². The van der Waals surface area contributed by atoms with Gasteiger partial charge in [0, 0.05) is 64.8 Å². The number of benzene rings is 9. The summed E-state index contributed by atoms with van der Waals surface area (Å²) in [5.41, 5.74) is 20.4. The highest BCUT2D eigenvalue weighted by Gasteiger charge is 2.22. The van der Waals surface area contributed by atoms with Crippen molar-refractivity contribution < 1.29 is 0 Å². The molecule has 3 aromatic heterocycles. The van der Waals surface area contributed by atoms with E-state index in [1.807, 2.05) is 59.1 Å². The zero-order chi connectivity index (χ0) is 63.6. The number of hydrogen-bond donors (Lipinski definition) is 0. The third-order valence-electron chi connectivity index (χ3n) is 17.3. The Balaban J connectivity index is 0.811. The molecule has 0 unspecified atom stereocenters. The van der Waals surface area contributed by atoms with Crippen LogP contribution in [0.1, 0.15) is 124 Å². The van der Waals surface area contributed by atoms with Crippen LogP contribution >= 0.6 is 34.4 Å². The molecule has 0 atom stereocenters. The number of unbranched alkanes of at least 4 members (excludes halogenated alkanes) is 10. The number of allylic oxidation sites excluding steroid dienone is 2. The van der Waals surface area contributed by atoms with Crippen LogP contribution in [-0.4, -0.2) is 8.75 Å². The Morgan fingerprint density at radius 2 is 0.699 bits per heavy atom.